The molecule has 4 aromatic carbocycles. The van der Waals surface area contributed by atoms with Crippen molar-refractivity contribution >= 4 is 22.6 Å². The third kappa shape index (κ3) is 3.83. The third-order valence-corrected chi connectivity index (χ3v) is 5.36. The van der Waals surface area contributed by atoms with E-state index in [2.05, 4.69) is 10.3 Å². The van der Waals surface area contributed by atoms with Crippen molar-refractivity contribution in [2.75, 3.05) is 5.32 Å². The van der Waals surface area contributed by atoms with Crippen molar-refractivity contribution in [1.82, 2.24) is 9.97 Å². The Morgan fingerprint density at radius 1 is 0.710 bits per heavy atom. The van der Waals surface area contributed by atoms with Gasteiger partial charge in [0.05, 0.1) is 22.6 Å². The topological polar surface area (TPSA) is 57.8 Å². The van der Waals surface area contributed by atoms with E-state index in [4.69, 9.17) is 4.98 Å². The summed E-state index contributed by atoms with van der Waals surface area (Å²) in [7, 11) is 0. The van der Waals surface area contributed by atoms with Crippen molar-refractivity contribution in [2.24, 2.45) is 0 Å². The van der Waals surface area contributed by atoms with Crippen molar-refractivity contribution < 1.29 is 4.79 Å². The molecular formula is C27H21N3O. The highest BCUT2D eigenvalue weighted by Crippen LogP contribution is 2.31. The number of para-hydroxylation sites is 3. The van der Waals surface area contributed by atoms with E-state index in [1.807, 2.05) is 109 Å². The van der Waals surface area contributed by atoms with Gasteiger partial charge in [0.1, 0.15) is 5.82 Å². The van der Waals surface area contributed by atoms with Gasteiger partial charge in [0, 0.05) is 5.56 Å². The molecule has 0 bridgehead atoms. The standard InChI is InChI=1S/C27H21N3O/c31-27(25(19-11-3-1-4-12-19)20-13-5-2-6-14-20)30-22-16-8-7-15-21(22)26-28-23-17-9-10-18-24(23)29-26/h1-18,25H,(H,28,29)(H,30,31). The maximum atomic E-state index is 13.5. The number of carbonyl (C=O) groups excluding carboxylic acids is 1. The lowest BCUT2D eigenvalue weighted by molar-refractivity contribution is -0.116. The van der Waals surface area contributed by atoms with Crippen LogP contribution < -0.4 is 5.32 Å². The van der Waals surface area contributed by atoms with Crippen LogP contribution in [-0.4, -0.2) is 15.9 Å². The molecule has 5 rings (SSSR count). The predicted molar refractivity (Wildman–Crippen MR) is 125 cm³/mol. The van der Waals surface area contributed by atoms with Crippen LogP contribution in [0.25, 0.3) is 22.4 Å². The fourth-order valence-electron chi connectivity index (χ4n) is 3.87. The number of anilines is 1. The van der Waals surface area contributed by atoms with Gasteiger partial charge in [0.2, 0.25) is 5.91 Å². The summed E-state index contributed by atoms with van der Waals surface area (Å²) >= 11 is 0. The quantitative estimate of drug-likeness (QED) is 0.378. The molecule has 31 heavy (non-hydrogen) atoms. The number of carbonyl (C=O) groups is 1. The van der Waals surface area contributed by atoms with Gasteiger partial charge in [0.25, 0.3) is 0 Å². The van der Waals surface area contributed by atoms with Gasteiger partial charge in [-0.3, -0.25) is 4.79 Å². The molecule has 1 aromatic heterocycles. The molecule has 0 radical (unpaired) electrons. The number of H-pyrrole nitrogens is 1. The Labute approximate surface area is 180 Å². The van der Waals surface area contributed by atoms with E-state index in [1.165, 1.54) is 0 Å². The second-order valence-electron chi connectivity index (χ2n) is 7.39. The Kier molecular flexibility index (Phi) is 5.03. The molecule has 0 fully saturated rings. The van der Waals surface area contributed by atoms with Crippen LogP contribution in [0.5, 0.6) is 0 Å². The lowest BCUT2D eigenvalue weighted by Crippen LogP contribution is -2.22. The molecule has 2 N–H and O–H groups in total. The summed E-state index contributed by atoms with van der Waals surface area (Å²) in [5.74, 6) is 0.236. The number of aromatic nitrogens is 2. The van der Waals surface area contributed by atoms with Gasteiger partial charge in [-0.2, -0.15) is 0 Å². The molecule has 0 aliphatic carbocycles. The minimum Gasteiger partial charge on any atom is -0.338 e. The third-order valence-electron chi connectivity index (χ3n) is 5.36. The Balaban J connectivity index is 1.52. The van der Waals surface area contributed by atoms with E-state index in [0.29, 0.717) is 0 Å². The molecule has 0 spiro atoms. The molecule has 0 atom stereocenters. The van der Waals surface area contributed by atoms with Crippen molar-refractivity contribution in [3.05, 3.63) is 120 Å². The Bertz CT molecular complexity index is 1250. The van der Waals surface area contributed by atoms with Crippen LogP contribution >= 0.6 is 0 Å². The van der Waals surface area contributed by atoms with Gasteiger partial charge in [-0.15, -0.1) is 0 Å². The number of nitrogens with one attached hydrogen (secondary N) is 2. The van der Waals surface area contributed by atoms with E-state index < -0.39 is 5.92 Å². The molecule has 1 heterocycles. The fraction of sp³-hybridized carbons (Fsp3) is 0.0370. The summed E-state index contributed by atoms with van der Waals surface area (Å²) in [6.45, 7) is 0. The second kappa shape index (κ2) is 8.28. The Morgan fingerprint density at radius 2 is 1.29 bits per heavy atom. The first-order valence-corrected chi connectivity index (χ1v) is 10.2. The molecule has 150 valence electrons. The molecule has 1 amide bonds. The molecule has 4 heteroatoms. The van der Waals surface area contributed by atoms with Gasteiger partial charge in [-0.25, -0.2) is 4.98 Å². The van der Waals surface area contributed by atoms with Gasteiger partial charge < -0.3 is 10.3 Å². The van der Waals surface area contributed by atoms with Crippen molar-refractivity contribution in [2.45, 2.75) is 5.92 Å². The van der Waals surface area contributed by atoms with Crippen LogP contribution in [0.2, 0.25) is 0 Å². The van der Waals surface area contributed by atoms with E-state index in [1.54, 1.807) is 0 Å². The molecule has 0 aliphatic heterocycles. The van der Waals surface area contributed by atoms with Crippen LogP contribution in [0.15, 0.2) is 109 Å². The molecule has 4 nitrogen and oxygen atoms in total. The zero-order valence-corrected chi connectivity index (χ0v) is 16.8. The molecule has 0 unspecified atom stereocenters. The van der Waals surface area contributed by atoms with Crippen molar-refractivity contribution in [3.8, 4) is 11.4 Å². The molecule has 0 aliphatic rings. The number of amides is 1. The van der Waals surface area contributed by atoms with Crippen LogP contribution in [0.3, 0.4) is 0 Å². The summed E-state index contributed by atoms with van der Waals surface area (Å²) in [6, 6.07) is 35.4. The van der Waals surface area contributed by atoms with E-state index >= 15 is 0 Å². The van der Waals surface area contributed by atoms with E-state index in [9.17, 15) is 4.79 Å². The smallest absolute Gasteiger partial charge is 0.236 e. The summed E-state index contributed by atoms with van der Waals surface area (Å²) in [5.41, 5.74) is 5.34. The van der Waals surface area contributed by atoms with Gasteiger partial charge in [-0.05, 0) is 35.4 Å². The number of aromatic amines is 1. The molecule has 0 saturated carbocycles. The first-order valence-electron chi connectivity index (χ1n) is 10.2. The lowest BCUT2D eigenvalue weighted by atomic mass is 9.90. The fourth-order valence-corrected chi connectivity index (χ4v) is 3.87. The second-order valence-corrected chi connectivity index (χ2v) is 7.39. The number of imidazole rings is 1. The highest BCUT2D eigenvalue weighted by atomic mass is 16.1. The zero-order valence-electron chi connectivity index (χ0n) is 16.8. The molecule has 0 saturated heterocycles. The summed E-state index contributed by atoms with van der Waals surface area (Å²) in [5, 5.41) is 3.15. The van der Waals surface area contributed by atoms with E-state index in [0.717, 1.165) is 39.2 Å². The zero-order chi connectivity index (χ0) is 21.0. The number of fused-ring (bicyclic) bond motifs is 1. The molecular weight excluding hydrogens is 382 g/mol. The van der Waals surface area contributed by atoms with Crippen molar-refractivity contribution in [3.63, 3.8) is 0 Å². The molecule has 5 aromatic rings. The summed E-state index contributed by atoms with van der Waals surface area (Å²) in [6.07, 6.45) is 0. The normalized spacial score (nSPS) is 11.0. The van der Waals surface area contributed by atoms with Crippen LogP contribution in [0, 0.1) is 0 Å². The van der Waals surface area contributed by atoms with Gasteiger partial charge in [-0.1, -0.05) is 84.9 Å². The first kappa shape index (κ1) is 18.8. The number of nitrogens with zero attached hydrogens (tertiary/aromatic N) is 1. The Morgan fingerprint density at radius 3 is 1.97 bits per heavy atom. The predicted octanol–water partition coefficient (Wildman–Crippen LogP) is 6.00. The average Bonchev–Trinajstić information content (AvgIpc) is 3.25. The maximum absolute atomic E-state index is 13.5. The highest BCUT2D eigenvalue weighted by Gasteiger charge is 2.23. The largest absolute Gasteiger partial charge is 0.338 e. The van der Waals surface area contributed by atoms with Crippen LogP contribution in [0.4, 0.5) is 5.69 Å². The van der Waals surface area contributed by atoms with Crippen LogP contribution in [0.1, 0.15) is 17.0 Å². The monoisotopic (exact) mass is 403 g/mol. The maximum Gasteiger partial charge on any atom is 0.236 e. The summed E-state index contributed by atoms with van der Waals surface area (Å²) < 4.78 is 0. The highest BCUT2D eigenvalue weighted by molar-refractivity contribution is 6.01. The Hall–Kier alpha value is -4.18. The number of hydrogen-bond donors (Lipinski definition) is 2. The lowest BCUT2D eigenvalue weighted by Gasteiger charge is -2.19. The summed E-state index contributed by atoms with van der Waals surface area (Å²) in [4.78, 5) is 21.6. The first-order chi connectivity index (χ1) is 15.3. The minimum atomic E-state index is -0.411. The van der Waals surface area contributed by atoms with Gasteiger partial charge >= 0.3 is 0 Å². The number of rotatable bonds is 5. The minimum absolute atomic E-state index is 0.0824. The van der Waals surface area contributed by atoms with E-state index in [-0.39, 0.29) is 5.91 Å². The van der Waals surface area contributed by atoms with Gasteiger partial charge in [0.15, 0.2) is 0 Å². The SMILES string of the molecule is O=C(Nc1ccccc1-c1nc2ccccc2[nH]1)C(c1ccccc1)c1ccccc1. The number of benzene rings is 4. The average molecular weight is 403 g/mol. The number of hydrogen-bond acceptors (Lipinski definition) is 2. The van der Waals surface area contributed by atoms with Crippen LogP contribution in [-0.2, 0) is 4.79 Å². The van der Waals surface area contributed by atoms with Crippen molar-refractivity contribution in [1.29, 1.82) is 0 Å².